The summed E-state index contributed by atoms with van der Waals surface area (Å²) in [4.78, 5) is 0. The predicted molar refractivity (Wildman–Crippen MR) is 44.5 cm³/mol. The molecule has 0 fully saturated rings. The summed E-state index contributed by atoms with van der Waals surface area (Å²) < 4.78 is 0. The van der Waals surface area contributed by atoms with Crippen molar-refractivity contribution in [3.8, 4) is 0 Å². The van der Waals surface area contributed by atoms with Gasteiger partial charge in [-0.2, -0.15) is 0 Å². The first-order valence-corrected chi connectivity index (χ1v) is 3.32. The minimum Gasteiger partial charge on any atom is -0.404 e. The van der Waals surface area contributed by atoms with Gasteiger partial charge in [-0.05, 0) is 17.4 Å². The summed E-state index contributed by atoms with van der Waals surface area (Å²) in [6, 6.07) is 8.02. The zero-order chi connectivity index (χ0) is 7.40. The average molecular weight is 133 g/mol. The fourth-order valence-electron chi connectivity index (χ4n) is 0.926. The molecule has 2 N–H and O–H groups in total. The third kappa shape index (κ3) is 1.18. The monoisotopic (exact) mass is 133 g/mol. The summed E-state index contributed by atoms with van der Waals surface area (Å²) in [6.45, 7) is 2.00. The lowest BCUT2D eigenvalue weighted by Gasteiger charge is -1.85. The molecule has 1 rings (SSSR count). The summed E-state index contributed by atoms with van der Waals surface area (Å²) >= 11 is 0. The molecular formula is C9H11N. The summed E-state index contributed by atoms with van der Waals surface area (Å²) in [5, 5.41) is 2.27. The molecule has 1 aromatic rings. The van der Waals surface area contributed by atoms with Gasteiger partial charge in [0.05, 0.1) is 0 Å². The summed E-state index contributed by atoms with van der Waals surface area (Å²) in [6.07, 6.45) is 3.66. The van der Waals surface area contributed by atoms with Crippen LogP contribution in [0.5, 0.6) is 0 Å². The van der Waals surface area contributed by atoms with Crippen LogP contribution in [0.3, 0.4) is 0 Å². The van der Waals surface area contributed by atoms with Crippen molar-refractivity contribution in [3.05, 3.63) is 34.7 Å². The molecule has 10 heavy (non-hydrogen) atoms. The predicted octanol–water partition coefficient (Wildman–Crippen LogP) is 0.184. The van der Waals surface area contributed by atoms with Crippen LogP contribution in [0.15, 0.2) is 24.3 Å². The van der Waals surface area contributed by atoms with Gasteiger partial charge in [0.25, 0.3) is 0 Å². The van der Waals surface area contributed by atoms with Crippen molar-refractivity contribution in [1.29, 1.82) is 0 Å². The number of nitrogens with two attached hydrogens (primary N) is 1. The van der Waals surface area contributed by atoms with E-state index in [4.69, 9.17) is 5.73 Å². The smallest absolute Gasteiger partial charge is 0.00174 e. The standard InChI is InChI=1S/C9H11N/c1-2-8-5-3-4-6-9(8)7-10/h2-7H,10H2,1H3/b8-2-,9-7+. The van der Waals surface area contributed by atoms with Crippen LogP contribution in [0.4, 0.5) is 0 Å². The van der Waals surface area contributed by atoms with E-state index in [0.29, 0.717) is 0 Å². The van der Waals surface area contributed by atoms with Gasteiger partial charge >= 0.3 is 0 Å². The normalized spacial score (nSPS) is 14.1. The fourth-order valence-corrected chi connectivity index (χ4v) is 0.926. The Hall–Kier alpha value is -1.24. The lowest BCUT2D eigenvalue weighted by molar-refractivity contribution is 1.48. The first kappa shape index (κ1) is 6.87. The van der Waals surface area contributed by atoms with Crippen molar-refractivity contribution in [2.45, 2.75) is 6.92 Å². The molecule has 0 saturated heterocycles. The Bertz CT molecular complexity index is 279. The fraction of sp³-hybridized carbons (Fsp3) is 0.111. The van der Waals surface area contributed by atoms with Crippen LogP contribution in [0.1, 0.15) is 6.92 Å². The molecule has 0 saturated carbocycles. The lowest BCUT2D eigenvalue weighted by Crippen LogP contribution is -2.24. The van der Waals surface area contributed by atoms with Crippen molar-refractivity contribution < 1.29 is 0 Å². The molecule has 0 spiro atoms. The van der Waals surface area contributed by atoms with Crippen LogP contribution < -0.4 is 16.2 Å². The highest BCUT2D eigenvalue weighted by molar-refractivity contribution is 5.27. The maximum Gasteiger partial charge on any atom is 0.00174 e. The van der Waals surface area contributed by atoms with E-state index in [1.807, 2.05) is 37.3 Å². The number of rotatable bonds is 0. The van der Waals surface area contributed by atoms with E-state index in [-0.39, 0.29) is 0 Å². The van der Waals surface area contributed by atoms with E-state index in [2.05, 4.69) is 0 Å². The molecule has 0 heterocycles. The second-order valence-corrected chi connectivity index (χ2v) is 2.08. The number of hydrogen-bond acceptors (Lipinski definition) is 1. The highest BCUT2D eigenvalue weighted by atomic mass is 14.5. The molecule has 0 atom stereocenters. The average Bonchev–Trinajstić information content (AvgIpc) is 2.04. The summed E-state index contributed by atoms with van der Waals surface area (Å²) in [5.41, 5.74) is 5.38. The lowest BCUT2D eigenvalue weighted by atomic mass is 10.2. The first-order valence-electron chi connectivity index (χ1n) is 3.32. The molecule has 0 bridgehead atoms. The largest absolute Gasteiger partial charge is 0.404 e. The zero-order valence-electron chi connectivity index (χ0n) is 6.04. The second-order valence-electron chi connectivity index (χ2n) is 2.08. The second kappa shape index (κ2) is 3.06. The van der Waals surface area contributed by atoms with Crippen LogP contribution in [-0.2, 0) is 0 Å². The van der Waals surface area contributed by atoms with Gasteiger partial charge in [0.15, 0.2) is 0 Å². The molecule has 0 aromatic heterocycles. The minimum atomic E-state index is 1.09. The van der Waals surface area contributed by atoms with E-state index in [1.165, 1.54) is 5.22 Å². The van der Waals surface area contributed by atoms with Gasteiger partial charge in [0, 0.05) is 6.20 Å². The van der Waals surface area contributed by atoms with Gasteiger partial charge in [-0.1, -0.05) is 30.3 Å². The Kier molecular flexibility index (Phi) is 2.11. The van der Waals surface area contributed by atoms with Crippen LogP contribution in [0, 0.1) is 0 Å². The van der Waals surface area contributed by atoms with Crippen LogP contribution in [0.25, 0.3) is 12.3 Å². The Morgan fingerprint density at radius 2 is 1.80 bits per heavy atom. The SMILES string of the molecule is C/C=c1/cccc/c1=C\N. The van der Waals surface area contributed by atoms with Crippen molar-refractivity contribution >= 4 is 12.3 Å². The molecule has 1 nitrogen and oxygen atoms in total. The topological polar surface area (TPSA) is 26.0 Å². The van der Waals surface area contributed by atoms with Crippen molar-refractivity contribution in [1.82, 2.24) is 0 Å². The van der Waals surface area contributed by atoms with Crippen LogP contribution in [0.2, 0.25) is 0 Å². The zero-order valence-corrected chi connectivity index (χ0v) is 6.04. The molecule has 0 amide bonds. The number of benzene rings is 1. The molecule has 52 valence electrons. The third-order valence-corrected chi connectivity index (χ3v) is 1.49. The minimum absolute atomic E-state index is 1.09. The Balaban J connectivity index is 3.53. The Labute approximate surface area is 60.5 Å². The van der Waals surface area contributed by atoms with Crippen LogP contribution in [-0.4, -0.2) is 0 Å². The van der Waals surface area contributed by atoms with E-state index >= 15 is 0 Å². The van der Waals surface area contributed by atoms with Gasteiger partial charge < -0.3 is 5.73 Å². The summed E-state index contributed by atoms with van der Waals surface area (Å²) in [7, 11) is 0. The molecule has 0 unspecified atom stereocenters. The molecule has 1 heteroatoms. The van der Waals surface area contributed by atoms with E-state index in [9.17, 15) is 0 Å². The van der Waals surface area contributed by atoms with Crippen molar-refractivity contribution in [2.24, 2.45) is 5.73 Å². The molecular weight excluding hydrogens is 122 g/mol. The maximum absolute atomic E-state index is 5.38. The first-order chi connectivity index (χ1) is 4.88. The Morgan fingerprint density at radius 3 is 2.20 bits per heavy atom. The van der Waals surface area contributed by atoms with E-state index in [1.54, 1.807) is 6.20 Å². The quantitative estimate of drug-likeness (QED) is 0.537. The molecule has 1 aromatic carbocycles. The van der Waals surface area contributed by atoms with Crippen molar-refractivity contribution in [2.75, 3.05) is 0 Å². The van der Waals surface area contributed by atoms with Crippen molar-refractivity contribution in [3.63, 3.8) is 0 Å². The highest BCUT2D eigenvalue weighted by Gasteiger charge is 1.77. The number of hydrogen-bond donors (Lipinski definition) is 1. The van der Waals surface area contributed by atoms with Gasteiger partial charge in [0.2, 0.25) is 0 Å². The summed E-state index contributed by atoms with van der Waals surface area (Å²) in [5.74, 6) is 0. The van der Waals surface area contributed by atoms with E-state index < -0.39 is 0 Å². The molecule has 0 aliphatic heterocycles. The molecule has 0 radical (unpaired) electrons. The molecule has 0 aliphatic rings. The molecule has 0 aliphatic carbocycles. The third-order valence-electron chi connectivity index (χ3n) is 1.49. The Morgan fingerprint density at radius 1 is 1.20 bits per heavy atom. The van der Waals surface area contributed by atoms with Gasteiger partial charge in [0.1, 0.15) is 0 Å². The highest BCUT2D eigenvalue weighted by Crippen LogP contribution is 1.69. The van der Waals surface area contributed by atoms with E-state index in [0.717, 1.165) is 5.22 Å². The maximum atomic E-state index is 5.38. The van der Waals surface area contributed by atoms with Gasteiger partial charge in [-0.3, -0.25) is 0 Å². The van der Waals surface area contributed by atoms with Crippen LogP contribution >= 0.6 is 0 Å². The van der Waals surface area contributed by atoms with Gasteiger partial charge in [-0.15, -0.1) is 0 Å². The van der Waals surface area contributed by atoms with Gasteiger partial charge in [-0.25, -0.2) is 0 Å².